The van der Waals surface area contributed by atoms with Crippen LogP contribution in [0.3, 0.4) is 0 Å². The van der Waals surface area contributed by atoms with Crippen LogP contribution in [0.4, 0.5) is 10.1 Å². The number of carbonyl (C=O) groups is 1. The van der Waals surface area contributed by atoms with Crippen molar-refractivity contribution in [2.45, 2.75) is 32.7 Å². The molecule has 0 unspecified atom stereocenters. The van der Waals surface area contributed by atoms with Crippen LogP contribution in [-0.4, -0.2) is 62.7 Å². The highest BCUT2D eigenvalue weighted by Gasteiger charge is 2.33. The second-order valence-electron chi connectivity index (χ2n) is 9.09. The summed E-state index contributed by atoms with van der Waals surface area (Å²) in [6.45, 7) is 6.38. The van der Waals surface area contributed by atoms with Crippen molar-refractivity contribution < 1.29 is 28.5 Å². The highest BCUT2D eigenvalue weighted by atomic mass is 35.5. The lowest BCUT2D eigenvalue weighted by Gasteiger charge is -2.26. The molecule has 11 heteroatoms. The van der Waals surface area contributed by atoms with E-state index in [1.807, 2.05) is 20.8 Å². The zero-order chi connectivity index (χ0) is 25.2. The highest BCUT2D eigenvalue weighted by Crippen LogP contribution is 2.40. The Labute approximate surface area is 223 Å². The van der Waals surface area contributed by atoms with Crippen molar-refractivity contribution in [3.05, 3.63) is 46.3 Å². The lowest BCUT2D eigenvalue weighted by molar-refractivity contribution is 0.0962. The van der Waals surface area contributed by atoms with Gasteiger partial charge in [-0.2, -0.15) is 0 Å². The summed E-state index contributed by atoms with van der Waals surface area (Å²) in [6.07, 6.45) is 0. The molecule has 0 aliphatic carbocycles. The Bertz CT molecular complexity index is 1120. The molecule has 0 atom stereocenters. The van der Waals surface area contributed by atoms with Crippen LogP contribution in [0.1, 0.15) is 47.8 Å². The molecule has 0 amide bonds. The van der Waals surface area contributed by atoms with E-state index in [0.717, 1.165) is 5.56 Å². The number of amidine groups is 1. The molecule has 2 aromatic carbocycles. The number of nitrogens with zero attached hydrogens (tertiary/aromatic N) is 1. The lowest BCUT2D eigenvalue weighted by atomic mass is 9.84. The Morgan fingerprint density at radius 3 is 2.28 bits per heavy atom. The number of hydrogen-bond donors (Lipinski definition) is 3. The molecular weight excluding hydrogens is 512 g/mol. The molecule has 0 saturated carbocycles. The number of carbonyl (C=O) groups excluding carboxylic acids is 1. The number of ketones is 1. The molecule has 0 bridgehead atoms. The molecule has 0 spiro atoms. The van der Waals surface area contributed by atoms with E-state index < -0.39 is 5.82 Å². The average molecular weight is 546 g/mol. The maximum atomic E-state index is 15.0. The smallest absolute Gasteiger partial charge is 0.197 e. The molecule has 36 heavy (non-hydrogen) atoms. The third kappa shape index (κ3) is 5.96. The van der Waals surface area contributed by atoms with Gasteiger partial charge in [0.2, 0.25) is 0 Å². The number of hydrogen-bond acceptors (Lipinski definition) is 7. The van der Waals surface area contributed by atoms with Gasteiger partial charge in [-0.05, 0) is 29.2 Å². The molecule has 8 nitrogen and oxygen atoms in total. The zero-order valence-electron chi connectivity index (χ0n) is 21.3. The van der Waals surface area contributed by atoms with Gasteiger partial charge in [0.25, 0.3) is 0 Å². The first-order chi connectivity index (χ1) is 16.1. The number of anilines is 1. The van der Waals surface area contributed by atoms with Gasteiger partial charge in [0, 0.05) is 24.2 Å². The van der Waals surface area contributed by atoms with Gasteiger partial charge in [-0.25, -0.2) is 4.39 Å². The topological polar surface area (TPSA) is 104 Å². The van der Waals surface area contributed by atoms with Crippen LogP contribution in [0.5, 0.6) is 17.2 Å². The molecule has 1 heterocycles. The molecule has 3 rings (SSSR count). The summed E-state index contributed by atoms with van der Waals surface area (Å²) < 4.78 is 31.0. The molecular formula is C25H34Cl2FN3O5. The summed E-state index contributed by atoms with van der Waals surface area (Å²) in [5.74, 6) is -0.193. The first-order valence-electron chi connectivity index (χ1n) is 10.9. The summed E-state index contributed by atoms with van der Waals surface area (Å²) in [7, 11) is 4.33. The molecule has 0 saturated heterocycles. The Balaban J connectivity index is 0.00000324. The van der Waals surface area contributed by atoms with E-state index in [2.05, 4.69) is 5.32 Å². The van der Waals surface area contributed by atoms with Crippen molar-refractivity contribution in [3.63, 3.8) is 0 Å². The van der Waals surface area contributed by atoms with Crippen LogP contribution >= 0.6 is 24.8 Å². The fraction of sp³-hybridized carbons (Fsp3) is 0.440. The molecule has 1 aliphatic rings. The Hall–Kier alpha value is -2.75. The normalized spacial score (nSPS) is 12.3. The van der Waals surface area contributed by atoms with Gasteiger partial charge in [-0.3, -0.25) is 10.2 Å². The van der Waals surface area contributed by atoms with Gasteiger partial charge in [-0.1, -0.05) is 20.8 Å². The Morgan fingerprint density at radius 1 is 1.11 bits per heavy atom. The lowest BCUT2D eigenvalue weighted by Crippen LogP contribution is -2.31. The van der Waals surface area contributed by atoms with Crippen molar-refractivity contribution in [2.24, 2.45) is 0 Å². The Morgan fingerprint density at radius 2 is 1.75 bits per heavy atom. The quantitative estimate of drug-likeness (QED) is 0.400. The number of benzene rings is 2. The third-order valence-corrected chi connectivity index (χ3v) is 5.79. The number of aliphatic hydroxyl groups excluding tert-OH is 1. The summed E-state index contributed by atoms with van der Waals surface area (Å²) in [5, 5.41) is 20.9. The zero-order valence-corrected chi connectivity index (χ0v) is 22.9. The van der Waals surface area contributed by atoms with Crippen molar-refractivity contribution in [3.8, 4) is 17.2 Å². The van der Waals surface area contributed by atoms with Gasteiger partial charge in [0.05, 0.1) is 45.7 Å². The summed E-state index contributed by atoms with van der Waals surface area (Å²) in [5.41, 5.74) is 2.23. The van der Waals surface area contributed by atoms with Crippen molar-refractivity contribution in [1.82, 2.24) is 4.90 Å². The van der Waals surface area contributed by atoms with E-state index in [0.29, 0.717) is 29.1 Å². The minimum Gasteiger partial charge on any atom is -0.494 e. The van der Waals surface area contributed by atoms with E-state index in [9.17, 15) is 9.90 Å². The van der Waals surface area contributed by atoms with Crippen LogP contribution in [0, 0.1) is 11.2 Å². The third-order valence-electron chi connectivity index (χ3n) is 5.79. The van der Waals surface area contributed by atoms with Gasteiger partial charge in [0.1, 0.15) is 11.6 Å². The first kappa shape index (κ1) is 31.3. The predicted molar refractivity (Wildman–Crippen MR) is 143 cm³/mol. The number of nitrogens with one attached hydrogen (secondary N) is 2. The maximum Gasteiger partial charge on any atom is 0.197 e. The van der Waals surface area contributed by atoms with Crippen LogP contribution in [0.25, 0.3) is 0 Å². The van der Waals surface area contributed by atoms with E-state index in [-0.39, 0.29) is 78.6 Å². The van der Waals surface area contributed by atoms with Crippen LogP contribution in [-0.2, 0) is 12.0 Å². The Kier molecular flexibility index (Phi) is 10.8. The average Bonchev–Trinajstić information content (AvgIpc) is 3.11. The summed E-state index contributed by atoms with van der Waals surface area (Å²) in [6, 6.07) is 5.12. The van der Waals surface area contributed by atoms with E-state index in [4.69, 9.17) is 19.6 Å². The van der Waals surface area contributed by atoms with Crippen molar-refractivity contribution in [1.29, 1.82) is 5.41 Å². The number of fused-ring (bicyclic) bond motifs is 1. The molecule has 0 radical (unpaired) electrons. The van der Waals surface area contributed by atoms with Gasteiger partial charge in [-0.15, -0.1) is 24.8 Å². The van der Waals surface area contributed by atoms with Crippen molar-refractivity contribution in [2.75, 3.05) is 46.3 Å². The predicted octanol–water partition coefficient (Wildman–Crippen LogP) is 4.42. The number of ether oxygens (including phenoxy) is 3. The van der Waals surface area contributed by atoms with E-state index in [1.165, 1.54) is 19.1 Å². The highest BCUT2D eigenvalue weighted by molar-refractivity contribution is 6.06. The maximum absolute atomic E-state index is 15.0. The molecule has 1 aliphatic heterocycles. The van der Waals surface area contributed by atoms with Gasteiger partial charge in [0.15, 0.2) is 23.1 Å². The molecule has 200 valence electrons. The largest absolute Gasteiger partial charge is 0.494 e. The van der Waals surface area contributed by atoms with Crippen molar-refractivity contribution >= 4 is 42.1 Å². The van der Waals surface area contributed by atoms with E-state index in [1.54, 1.807) is 25.3 Å². The minimum absolute atomic E-state index is 0. The molecule has 0 fully saturated rings. The van der Waals surface area contributed by atoms with Crippen LogP contribution < -0.4 is 19.5 Å². The van der Waals surface area contributed by atoms with Crippen LogP contribution in [0.2, 0.25) is 0 Å². The summed E-state index contributed by atoms with van der Waals surface area (Å²) in [4.78, 5) is 14.9. The second kappa shape index (κ2) is 12.5. The number of Topliss-reactive ketones (excluding diaryl/α,β-unsaturated/α-hetero) is 1. The van der Waals surface area contributed by atoms with E-state index >= 15 is 4.39 Å². The van der Waals surface area contributed by atoms with Crippen LogP contribution in [0.15, 0.2) is 18.2 Å². The molecule has 3 N–H and O–H groups in total. The van der Waals surface area contributed by atoms with Gasteiger partial charge < -0.3 is 29.5 Å². The first-order valence-corrected chi connectivity index (χ1v) is 10.9. The number of rotatable bonds is 9. The molecule has 2 aromatic rings. The monoisotopic (exact) mass is 545 g/mol. The fourth-order valence-electron chi connectivity index (χ4n) is 4.11. The second-order valence-corrected chi connectivity index (χ2v) is 9.09. The minimum atomic E-state index is -0.674. The molecule has 0 aromatic heterocycles. The number of methoxy groups -OCH3 is 3. The number of aliphatic hydroxyl groups is 1. The summed E-state index contributed by atoms with van der Waals surface area (Å²) >= 11 is 0. The fourth-order valence-corrected chi connectivity index (χ4v) is 4.11. The standard InChI is InChI=1S/C25H32FN3O5.2ClH/c1-25(2,3)16-9-14(10-17(22(16)33-5)28-7-8-30)18(31)13-29-12-15-11-19(32-4)23(34-6)21(26)20(15)24(29)27;;/h9-11,27-28,30H,7-8,12-13H2,1-6H3;2*1H. The van der Waals surface area contributed by atoms with Gasteiger partial charge >= 0.3 is 0 Å². The number of halogens is 3. The SMILES string of the molecule is COc1cc2c(c(F)c1OC)C(=N)N(CC(=O)c1cc(NCCO)c(OC)c(C(C)(C)C)c1)C2.Cl.Cl.